The maximum Gasteiger partial charge on any atom is 0.238 e. The fourth-order valence-corrected chi connectivity index (χ4v) is 2.50. The van der Waals surface area contributed by atoms with Crippen LogP contribution in [-0.2, 0) is 4.79 Å². The second kappa shape index (κ2) is 4.43. The molecule has 0 saturated carbocycles. The van der Waals surface area contributed by atoms with Crippen molar-refractivity contribution in [2.24, 2.45) is 0 Å². The number of anilines is 2. The van der Waals surface area contributed by atoms with Crippen molar-refractivity contribution in [1.82, 2.24) is 0 Å². The molecule has 0 radical (unpaired) electrons. The van der Waals surface area contributed by atoms with Crippen LogP contribution in [0.4, 0.5) is 11.4 Å². The molecule has 96 valence electrons. The summed E-state index contributed by atoms with van der Waals surface area (Å²) in [6.45, 7) is 1.95. The van der Waals surface area contributed by atoms with Gasteiger partial charge in [-0.15, -0.1) is 0 Å². The first-order chi connectivity index (χ1) is 9.22. The third kappa shape index (κ3) is 1.78. The van der Waals surface area contributed by atoms with Crippen molar-refractivity contribution in [3.05, 3.63) is 54.1 Å². The van der Waals surface area contributed by atoms with Crippen molar-refractivity contribution < 1.29 is 9.53 Å². The number of ether oxygens (including phenoxy) is 1. The van der Waals surface area contributed by atoms with Gasteiger partial charge in [0.25, 0.3) is 0 Å². The quantitative estimate of drug-likeness (QED) is 0.820. The van der Waals surface area contributed by atoms with Gasteiger partial charge >= 0.3 is 0 Å². The molecule has 3 heteroatoms. The van der Waals surface area contributed by atoms with E-state index in [2.05, 4.69) is 0 Å². The number of benzene rings is 2. The van der Waals surface area contributed by atoms with Gasteiger partial charge in [0.15, 0.2) is 0 Å². The maximum atomic E-state index is 12.4. The molecule has 0 N–H and O–H groups in total. The van der Waals surface area contributed by atoms with Crippen LogP contribution >= 0.6 is 0 Å². The Morgan fingerprint density at radius 2 is 1.74 bits per heavy atom. The number of amides is 1. The molecule has 1 aliphatic heterocycles. The highest BCUT2D eigenvalue weighted by atomic mass is 16.5. The molecule has 1 heterocycles. The molecule has 1 amide bonds. The summed E-state index contributed by atoms with van der Waals surface area (Å²) in [7, 11) is 1.63. The number of nitrogens with zero attached hydrogens (tertiary/aromatic N) is 1. The van der Waals surface area contributed by atoms with E-state index in [1.165, 1.54) is 0 Å². The average Bonchev–Trinajstić information content (AvgIpc) is 2.72. The Kier molecular flexibility index (Phi) is 2.75. The van der Waals surface area contributed by atoms with Crippen molar-refractivity contribution in [3.8, 4) is 5.75 Å². The molecule has 2 aromatic carbocycles. The number of hydrogen-bond donors (Lipinski definition) is 0. The number of hydrogen-bond acceptors (Lipinski definition) is 2. The first kappa shape index (κ1) is 11.8. The van der Waals surface area contributed by atoms with Crippen LogP contribution in [0.15, 0.2) is 48.5 Å². The molecular formula is C16H15NO2. The van der Waals surface area contributed by atoms with Crippen molar-refractivity contribution >= 4 is 17.3 Å². The Morgan fingerprint density at radius 1 is 1.05 bits per heavy atom. The molecule has 0 fully saturated rings. The predicted molar refractivity (Wildman–Crippen MR) is 75.0 cm³/mol. The van der Waals surface area contributed by atoms with E-state index in [9.17, 15) is 4.79 Å². The highest BCUT2D eigenvalue weighted by Crippen LogP contribution is 2.41. The average molecular weight is 253 g/mol. The standard InChI is InChI=1S/C16H15NO2/c1-11-14-5-3-4-6-15(14)17(16(11)18)12-7-9-13(19-2)10-8-12/h3-11H,1-2H3. The van der Waals surface area contributed by atoms with E-state index in [0.29, 0.717) is 0 Å². The minimum absolute atomic E-state index is 0.0849. The van der Waals surface area contributed by atoms with Gasteiger partial charge in [-0.1, -0.05) is 18.2 Å². The normalized spacial score (nSPS) is 17.5. The number of rotatable bonds is 2. The molecule has 0 aliphatic carbocycles. The highest BCUT2D eigenvalue weighted by molar-refractivity contribution is 6.10. The molecule has 0 aromatic heterocycles. The van der Waals surface area contributed by atoms with Crippen LogP contribution in [0.5, 0.6) is 5.75 Å². The van der Waals surface area contributed by atoms with E-state index < -0.39 is 0 Å². The summed E-state index contributed by atoms with van der Waals surface area (Å²) in [6.07, 6.45) is 0. The zero-order chi connectivity index (χ0) is 13.4. The van der Waals surface area contributed by atoms with Gasteiger partial charge in [-0.25, -0.2) is 0 Å². The number of fused-ring (bicyclic) bond motifs is 1. The molecule has 1 atom stereocenters. The van der Waals surface area contributed by atoms with Gasteiger partial charge in [0, 0.05) is 5.69 Å². The van der Waals surface area contributed by atoms with Crippen LogP contribution < -0.4 is 9.64 Å². The van der Waals surface area contributed by atoms with E-state index in [-0.39, 0.29) is 11.8 Å². The fraction of sp³-hybridized carbons (Fsp3) is 0.188. The van der Waals surface area contributed by atoms with Crippen LogP contribution in [0.1, 0.15) is 18.4 Å². The molecule has 3 rings (SSSR count). The van der Waals surface area contributed by atoms with E-state index in [0.717, 1.165) is 22.7 Å². The van der Waals surface area contributed by atoms with E-state index in [1.54, 1.807) is 12.0 Å². The lowest BCUT2D eigenvalue weighted by Gasteiger charge is -2.18. The molecule has 1 aliphatic rings. The van der Waals surface area contributed by atoms with Gasteiger partial charge in [0.1, 0.15) is 5.75 Å². The Hall–Kier alpha value is -2.29. The smallest absolute Gasteiger partial charge is 0.238 e. The molecule has 2 aromatic rings. The first-order valence-electron chi connectivity index (χ1n) is 6.29. The summed E-state index contributed by atoms with van der Waals surface area (Å²) in [6, 6.07) is 15.5. The van der Waals surface area contributed by atoms with Crippen molar-refractivity contribution in [2.75, 3.05) is 12.0 Å². The lowest BCUT2D eigenvalue weighted by molar-refractivity contribution is -0.118. The molecule has 19 heavy (non-hydrogen) atoms. The van der Waals surface area contributed by atoms with Crippen LogP contribution in [0, 0.1) is 0 Å². The van der Waals surface area contributed by atoms with E-state index in [4.69, 9.17) is 4.74 Å². The van der Waals surface area contributed by atoms with Crippen LogP contribution in [0.2, 0.25) is 0 Å². The number of methoxy groups -OCH3 is 1. The Bertz CT molecular complexity index is 619. The van der Waals surface area contributed by atoms with Crippen molar-refractivity contribution in [3.63, 3.8) is 0 Å². The number of para-hydroxylation sites is 1. The zero-order valence-corrected chi connectivity index (χ0v) is 11.0. The SMILES string of the molecule is COc1ccc(N2C(=O)C(C)c3ccccc32)cc1. The van der Waals surface area contributed by atoms with Gasteiger partial charge in [-0.2, -0.15) is 0 Å². The van der Waals surface area contributed by atoms with Gasteiger partial charge in [0.05, 0.1) is 18.7 Å². The minimum Gasteiger partial charge on any atom is -0.497 e. The Balaban J connectivity index is 2.07. The second-order valence-electron chi connectivity index (χ2n) is 4.65. The predicted octanol–water partition coefficient (Wildman–Crippen LogP) is 3.48. The highest BCUT2D eigenvalue weighted by Gasteiger charge is 2.34. The topological polar surface area (TPSA) is 29.5 Å². The Morgan fingerprint density at radius 3 is 2.42 bits per heavy atom. The second-order valence-corrected chi connectivity index (χ2v) is 4.65. The van der Waals surface area contributed by atoms with Gasteiger partial charge < -0.3 is 4.74 Å². The van der Waals surface area contributed by atoms with Gasteiger partial charge in [-0.3, -0.25) is 9.69 Å². The lowest BCUT2D eigenvalue weighted by Crippen LogP contribution is -2.22. The van der Waals surface area contributed by atoms with E-state index in [1.807, 2.05) is 55.5 Å². The third-order valence-corrected chi connectivity index (χ3v) is 3.57. The minimum atomic E-state index is -0.0849. The largest absolute Gasteiger partial charge is 0.497 e. The molecule has 0 spiro atoms. The summed E-state index contributed by atoms with van der Waals surface area (Å²) in [5, 5.41) is 0. The summed E-state index contributed by atoms with van der Waals surface area (Å²) in [5.74, 6) is 0.821. The summed E-state index contributed by atoms with van der Waals surface area (Å²) >= 11 is 0. The molecule has 3 nitrogen and oxygen atoms in total. The molecule has 1 unspecified atom stereocenters. The monoisotopic (exact) mass is 253 g/mol. The lowest BCUT2D eigenvalue weighted by atomic mass is 10.0. The summed E-state index contributed by atoms with van der Waals surface area (Å²) in [5.41, 5.74) is 2.94. The van der Waals surface area contributed by atoms with Crippen molar-refractivity contribution in [2.45, 2.75) is 12.8 Å². The fourth-order valence-electron chi connectivity index (χ4n) is 2.50. The molecule has 0 saturated heterocycles. The molecule has 0 bridgehead atoms. The zero-order valence-electron chi connectivity index (χ0n) is 11.0. The number of carbonyl (C=O) groups is 1. The summed E-state index contributed by atoms with van der Waals surface area (Å²) < 4.78 is 5.15. The maximum absolute atomic E-state index is 12.4. The van der Waals surface area contributed by atoms with Gasteiger partial charge in [0.2, 0.25) is 5.91 Å². The van der Waals surface area contributed by atoms with Crippen LogP contribution in [-0.4, -0.2) is 13.0 Å². The van der Waals surface area contributed by atoms with Gasteiger partial charge in [-0.05, 0) is 42.8 Å². The van der Waals surface area contributed by atoms with Crippen LogP contribution in [0.3, 0.4) is 0 Å². The van der Waals surface area contributed by atoms with Crippen molar-refractivity contribution in [1.29, 1.82) is 0 Å². The summed E-state index contributed by atoms with van der Waals surface area (Å²) in [4.78, 5) is 14.2. The first-order valence-corrected chi connectivity index (χ1v) is 6.29. The number of carbonyl (C=O) groups excluding carboxylic acids is 1. The van der Waals surface area contributed by atoms with E-state index >= 15 is 0 Å². The third-order valence-electron chi connectivity index (χ3n) is 3.57. The van der Waals surface area contributed by atoms with Crippen LogP contribution in [0.25, 0.3) is 0 Å². The Labute approximate surface area is 112 Å². The molecular weight excluding hydrogens is 238 g/mol.